The number of hydrogen-bond acceptors (Lipinski definition) is 5. The second-order valence-electron chi connectivity index (χ2n) is 11.1. The normalized spacial score (nSPS) is 24.6. The quantitative estimate of drug-likeness (QED) is 0.0940. The van der Waals surface area contributed by atoms with Gasteiger partial charge in [-0.05, 0) is 66.6 Å². The zero-order valence-electron chi connectivity index (χ0n) is 46.6. The van der Waals surface area contributed by atoms with Crippen molar-refractivity contribution in [1.82, 2.24) is 14.4 Å². The van der Waals surface area contributed by atoms with Crippen molar-refractivity contribution < 1.29 is 57.5 Å². The van der Waals surface area contributed by atoms with Gasteiger partial charge in [0.05, 0.1) is 35.0 Å². The van der Waals surface area contributed by atoms with Crippen molar-refractivity contribution in [2.24, 2.45) is 0 Å². The zero-order chi connectivity index (χ0) is 54.7. The topological polar surface area (TPSA) is 54.8 Å². The van der Waals surface area contributed by atoms with Crippen molar-refractivity contribution in [2.75, 3.05) is 33.2 Å². The molecule has 278 valence electrons. The molecular formula is C41H40F5N3O3S. The number of hydrogen-bond donors (Lipinski definition) is 0. The van der Waals surface area contributed by atoms with Gasteiger partial charge in [0.15, 0.2) is 17.1 Å². The summed E-state index contributed by atoms with van der Waals surface area (Å²) in [6.07, 6.45) is -13.6. The van der Waals surface area contributed by atoms with E-state index in [0.717, 1.165) is 74.7 Å². The van der Waals surface area contributed by atoms with Gasteiger partial charge < -0.3 is 19.1 Å². The molecule has 1 aromatic heterocycles. The zero-order valence-corrected chi connectivity index (χ0v) is 28.4. The highest BCUT2D eigenvalue weighted by Gasteiger charge is 2.31. The Labute approximate surface area is 335 Å². The summed E-state index contributed by atoms with van der Waals surface area (Å²) in [5, 5.41) is -1.97. The minimum absolute atomic E-state index is 0.0878. The Morgan fingerprint density at radius 3 is 2.38 bits per heavy atom. The van der Waals surface area contributed by atoms with Gasteiger partial charge in [-0.3, -0.25) is 9.59 Å². The molecular weight excluding hydrogens is 710 g/mol. The lowest BCUT2D eigenvalue weighted by molar-refractivity contribution is -0.137. The monoisotopic (exact) mass is 768 g/mol. The first kappa shape index (κ1) is 20.8. The molecule has 1 aliphatic rings. The van der Waals surface area contributed by atoms with E-state index in [1.807, 2.05) is 0 Å². The summed E-state index contributed by atoms with van der Waals surface area (Å²) < 4.78 is 246. The summed E-state index contributed by atoms with van der Waals surface area (Å²) in [4.78, 5) is 28.7. The van der Waals surface area contributed by atoms with E-state index in [1.54, 1.807) is 0 Å². The first-order valence-electron chi connectivity index (χ1n) is 24.9. The number of ether oxygens (including phenoxy) is 1. The maximum atomic E-state index is 15.5. The number of methoxy groups -OCH3 is 1. The van der Waals surface area contributed by atoms with Crippen LogP contribution in [0.4, 0.5) is 22.0 Å². The Balaban J connectivity index is 1.68. The fourth-order valence-corrected chi connectivity index (χ4v) is 5.67. The van der Waals surface area contributed by atoms with Crippen molar-refractivity contribution in [3.05, 3.63) is 135 Å². The van der Waals surface area contributed by atoms with Crippen LogP contribution in [-0.2, 0) is 34.5 Å². The molecule has 0 atom stereocenters. The molecule has 0 saturated carbocycles. The predicted octanol–water partition coefficient (Wildman–Crippen LogP) is 8.71. The Morgan fingerprint density at radius 1 is 1.04 bits per heavy atom. The van der Waals surface area contributed by atoms with Gasteiger partial charge in [-0.2, -0.15) is 13.2 Å². The first-order chi connectivity index (χ1) is 32.7. The molecule has 1 fully saturated rings. The van der Waals surface area contributed by atoms with Gasteiger partial charge in [-0.15, -0.1) is 11.8 Å². The molecule has 4 aromatic carbocycles. The summed E-state index contributed by atoms with van der Waals surface area (Å²) in [7, 11) is 0.761. The lowest BCUT2D eigenvalue weighted by Gasteiger charge is -2.39. The van der Waals surface area contributed by atoms with Crippen molar-refractivity contribution in [3.8, 4) is 11.1 Å². The standard InChI is InChI=1S/C41H40F5N3O3S/c1-27-6-15-36-34(22-27)37(50)23-39(53-26-31-4-3-5-35(42)40(31)43)49(36)25-38(51)48(33-16-18-47(19-17-33)20-21-52-2)24-28-7-9-29(10-8-28)30-11-13-32(14-12-30)41(44,45)46/h3-15,22-23,33H,16-21,24-26H2,1-2H3/i6D,15D,16D2,17D2,18D2,19D2,21D2,22D,23D,24D2,26D2,33D. The van der Waals surface area contributed by atoms with E-state index in [9.17, 15) is 32.0 Å². The minimum Gasteiger partial charge on any atom is -0.383 e. The van der Waals surface area contributed by atoms with Gasteiger partial charge in [-0.1, -0.05) is 60.1 Å². The molecule has 0 radical (unpaired) electrons. The molecule has 5 aromatic rings. The van der Waals surface area contributed by atoms with Crippen molar-refractivity contribution in [2.45, 2.75) is 55.6 Å². The number of pyridine rings is 1. The van der Waals surface area contributed by atoms with Crippen LogP contribution in [0.2, 0.25) is 0 Å². The van der Waals surface area contributed by atoms with E-state index in [2.05, 4.69) is 4.74 Å². The van der Waals surface area contributed by atoms with Gasteiger partial charge in [0, 0.05) is 75.6 Å². The Kier molecular flexibility index (Phi) is 6.54. The first-order valence-corrected chi connectivity index (χ1v) is 16.2. The van der Waals surface area contributed by atoms with E-state index in [-0.39, 0.29) is 33.4 Å². The Bertz CT molecular complexity index is 3010. The number of nitrogens with zero attached hydrogens (tertiary/aromatic N) is 3. The van der Waals surface area contributed by atoms with E-state index >= 15 is 9.18 Å². The summed E-state index contributed by atoms with van der Waals surface area (Å²) in [5.74, 6) is -5.42. The van der Waals surface area contributed by atoms with Crippen LogP contribution in [0.3, 0.4) is 0 Å². The minimum atomic E-state index is -4.73. The Morgan fingerprint density at radius 2 is 1.72 bits per heavy atom. The van der Waals surface area contributed by atoms with Gasteiger partial charge in [0.2, 0.25) is 5.91 Å². The largest absolute Gasteiger partial charge is 0.416 e. The third-order valence-corrected chi connectivity index (χ3v) is 8.35. The lowest BCUT2D eigenvalue weighted by Crippen LogP contribution is -2.48. The molecule has 6 nitrogen and oxygen atoms in total. The number of halogens is 5. The highest BCUT2D eigenvalue weighted by molar-refractivity contribution is 7.98. The summed E-state index contributed by atoms with van der Waals surface area (Å²) in [6, 6.07) is 1.21. The SMILES string of the molecule is [2H]c1c(C)c([2H])c2c(=O)c([2H])c(SC([2H])([2H])c3cccc(F)c3F)n(CC(=O)N(C([2H])([2H])c3ccc(-c4ccc(C(F)(F)F)cc4)cc3)C3([2H])C([2H])([2H])C([2H])([2H])N(CC([2H])([2H])OC)C([2H])([2H])C3([2H])[2H])c2c1[2H]. The number of rotatable bonds is 12. The van der Waals surface area contributed by atoms with Gasteiger partial charge >= 0.3 is 6.18 Å². The molecule has 12 heteroatoms. The Hall–Kier alpha value is -4.52. The average molecular weight is 769 g/mol. The summed E-state index contributed by atoms with van der Waals surface area (Å²) in [6.45, 7) is -17.5. The fourth-order valence-electron chi connectivity index (χ4n) is 4.89. The predicted molar refractivity (Wildman–Crippen MR) is 198 cm³/mol. The molecule has 0 N–H and O–H groups in total. The highest BCUT2D eigenvalue weighted by Crippen LogP contribution is 2.32. The average Bonchev–Trinajstić information content (AvgIpc) is 3.28. The van der Waals surface area contributed by atoms with Crippen molar-refractivity contribution in [1.29, 1.82) is 0 Å². The molecule has 0 unspecified atom stereocenters. The second-order valence-corrected chi connectivity index (χ2v) is 11.9. The molecule has 1 aliphatic heterocycles. The molecule has 2 heterocycles. The van der Waals surface area contributed by atoms with Gasteiger partial charge in [-0.25, -0.2) is 8.78 Å². The number of carbonyl (C=O) groups is 1. The number of likely N-dealkylation sites (tertiary alicyclic amines) is 1. The summed E-state index contributed by atoms with van der Waals surface area (Å²) in [5.41, 5.74) is -8.68. The number of aromatic nitrogens is 1. The molecule has 1 saturated heterocycles. The second kappa shape index (κ2) is 16.7. The van der Waals surface area contributed by atoms with E-state index in [0.29, 0.717) is 10.6 Å². The number of fused-ring (bicyclic) bond motifs is 1. The molecule has 0 aliphatic carbocycles. The smallest absolute Gasteiger partial charge is 0.383 e. The number of benzene rings is 4. The van der Waals surface area contributed by atoms with Crippen LogP contribution in [0.25, 0.3) is 22.0 Å². The maximum Gasteiger partial charge on any atom is 0.416 e. The number of alkyl halides is 3. The third-order valence-electron chi connectivity index (χ3n) is 7.51. The lowest BCUT2D eigenvalue weighted by atomic mass is 10.00. The van der Waals surface area contributed by atoms with E-state index < -0.39 is 154 Å². The molecule has 0 spiro atoms. The van der Waals surface area contributed by atoms with E-state index in [1.165, 1.54) is 0 Å². The van der Waals surface area contributed by atoms with Gasteiger partial charge in [0.25, 0.3) is 0 Å². The van der Waals surface area contributed by atoms with Crippen LogP contribution in [0.1, 0.15) is 61.0 Å². The van der Waals surface area contributed by atoms with Crippen LogP contribution in [-0.4, -0.2) is 59.5 Å². The number of piperidine rings is 1. The molecule has 1 amide bonds. The van der Waals surface area contributed by atoms with Crippen LogP contribution in [0.15, 0.2) is 101 Å². The van der Waals surface area contributed by atoms with Crippen LogP contribution < -0.4 is 5.43 Å². The highest BCUT2D eigenvalue weighted by atomic mass is 32.2. The van der Waals surface area contributed by atoms with Crippen LogP contribution in [0.5, 0.6) is 0 Å². The fraction of sp³-hybridized carbons (Fsp3) is 0.317. The van der Waals surface area contributed by atoms with Crippen LogP contribution in [0, 0.1) is 18.6 Å². The maximum absolute atomic E-state index is 15.5. The molecule has 6 rings (SSSR count). The van der Waals surface area contributed by atoms with Gasteiger partial charge in [0.1, 0.15) is 6.54 Å². The molecule has 53 heavy (non-hydrogen) atoms. The molecule has 0 bridgehead atoms. The number of thioether (sulfide) groups is 1. The third kappa shape index (κ3) is 9.17. The van der Waals surface area contributed by atoms with Crippen LogP contribution >= 0.6 is 11.8 Å². The van der Waals surface area contributed by atoms with E-state index in [4.69, 9.17) is 16.4 Å². The summed E-state index contributed by atoms with van der Waals surface area (Å²) >= 11 is -0.270. The number of amides is 1. The number of carbonyl (C=O) groups excluding carboxylic acids is 1. The van der Waals surface area contributed by atoms with Crippen molar-refractivity contribution in [3.63, 3.8) is 0 Å². The van der Waals surface area contributed by atoms with Crippen molar-refractivity contribution >= 4 is 28.6 Å².